The van der Waals surface area contributed by atoms with Crippen molar-refractivity contribution < 1.29 is 35.7 Å². The van der Waals surface area contributed by atoms with E-state index in [0.29, 0.717) is 0 Å². The maximum absolute atomic E-state index is 9.41. The minimum Gasteiger partial charge on any atom is -0.394 e. The fourth-order valence-corrected chi connectivity index (χ4v) is 1.15. The summed E-state index contributed by atoms with van der Waals surface area (Å²) in [5, 5.41) is 65.7. The Hall–Kier alpha value is -0.320. The first-order chi connectivity index (χ1) is 7.93. The first kappa shape index (κ1) is 16.7. The van der Waals surface area contributed by atoms with Crippen LogP contribution in [0, 0.1) is 0 Å². The highest BCUT2D eigenvalue weighted by molar-refractivity contribution is 4.81. The SMILES string of the molecule is OCC(O)CNC[C@H](O)[C@@H](O)[C@H](O)[C@H](O)CO. The molecular formula is C9H21NO7. The van der Waals surface area contributed by atoms with E-state index in [4.69, 9.17) is 20.4 Å². The molecule has 0 aliphatic carbocycles. The Kier molecular flexibility index (Phi) is 8.56. The Balaban J connectivity index is 3.92. The lowest BCUT2D eigenvalue weighted by molar-refractivity contribution is -0.114. The molecule has 0 heterocycles. The second-order valence-corrected chi connectivity index (χ2v) is 3.79. The third-order valence-corrected chi connectivity index (χ3v) is 2.27. The molecule has 0 saturated heterocycles. The monoisotopic (exact) mass is 255 g/mol. The van der Waals surface area contributed by atoms with E-state index in [2.05, 4.69) is 5.32 Å². The van der Waals surface area contributed by atoms with Crippen molar-refractivity contribution in [3.05, 3.63) is 0 Å². The van der Waals surface area contributed by atoms with Gasteiger partial charge in [-0.3, -0.25) is 0 Å². The van der Waals surface area contributed by atoms with Crippen molar-refractivity contribution in [2.24, 2.45) is 0 Å². The highest BCUT2D eigenvalue weighted by Crippen LogP contribution is 2.04. The molecule has 0 amide bonds. The van der Waals surface area contributed by atoms with Crippen molar-refractivity contribution in [1.29, 1.82) is 0 Å². The lowest BCUT2D eigenvalue weighted by Crippen LogP contribution is -2.49. The average Bonchev–Trinajstić information content (AvgIpc) is 2.35. The van der Waals surface area contributed by atoms with E-state index < -0.39 is 43.7 Å². The van der Waals surface area contributed by atoms with Gasteiger partial charge < -0.3 is 41.1 Å². The molecule has 0 aliphatic rings. The van der Waals surface area contributed by atoms with Crippen LogP contribution < -0.4 is 5.32 Å². The summed E-state index contributed by atoms with van der Waals surface area (Å²) in [6.07, 6.45) is -7.19. The first-order valence-corrected chi connectivity index (χ1v) is 5.26. The summed E-state index contributed by atoms with van der Waals surface area (Å²) in [7, 11) is 0. The predicted octanol–water partition coefficient (Wildman–Crippen LogP) is -4.63. The van der Waals surface area contributed by atoms with Crippen LogP contribution in [-0.2, 0) is 0 Å². The molecule has 0 rings (SSSR count). The summed E-state index contributed by atoms with van der Waals surface area (Å²) in [4.78, 5) is 0. The van der Waals surface area contributed by atoms with E-state index in [0.717, 1.165) is 0 Å². The molecule has 0 aromatic rings. The van der Waals surface area contributed by atoms with Gasteiger partial charge in [0.25, 0.3) is 0 Å². The lowest BCUT2D eigenvalue weighted by atomic mass is 10.0. The van der Waals surface area contributed by atoms with Crippen molar-refractivity contribution in [1.82, 2.24) is 5.32 Å². The third kappa shape index (κ3) is 6.24. The fourth-order valence-electron chi connectivity index (χ4n) is 1.15. The van der Waals surface area contributed by atoms with Crippen molar-refractivity contribution >= 4 is 0 Å². The molecule has 0 bridgehead atoms. The van der Waals surface area contributed by atoms with E-state index >= 15 is 0 Å². The predicted molar refractivity (Wildman–Crippen MR) is 57.1 cm³/mol. The van der Waals surface area contributed by atoms with Gasteiger partial charge >= 0.3 is 0 Å². The normalized spacial score (nSPS) is 20.6. The van der Waals surface area contributed by atoms with Gasteiger partial charge in [-0.25, -0.2) is 0 Å². The second kappa shape index (κ2) is 8.72. The average molecular weight is 255 g/mol. The number of aliphatic hydroxyl groups is 7. The van der Waals surface area contributed by atoms with Crippen LogP contribution in [0.15, 0.2) is 0 Å². The van der Waals surface area contributed by atoms with Gasteiger partial charge in [0.05, 0.1) is 25.4 Å². The van der Waals surface area contributed by atoms with Crippen molar-refractivity contribution in [3.63, 3.8) is 0 Å². The zero-order chi connectivity index (χ0) is 13.4. The summed E-state index contributed by atoms with van der Waals surface area (Å²) in [5.74, 6) is 0. The van der Waals surface area contributed by atoms with Gasteiger partial charge in [0.1, 0.15) is 18.3 Å². The molecule has 0 saturated carbocycles. The molecule has 104 valence electrons. The molecule has 1 unspecified atom stereocenters. The van der Waals surface area contributed by atoms with Gasteiger partial charge in [0, 0.05) is 13.1 Å². The smallest absolute Gasteiger partial charge is 0.111 e. The Morgan fingerprint density at radius 3 is 1.71 bits per heavy atom. The molecule has 8 nitrogen and oxygen atoms in total. The number of hydrogen-bond donors (Lipinski definition) is 8. The van der Waals surface area contributed by atoms with Crippen molar-refractivity contribution in [3.8, 4) is 0 Å². The van der Waals surface area contributed by atoms with Crippen LogP contribution in [0.1, 0.15) is 0 Å². The highest BCUT2D eigenvalue weighted by atomic mass is 16.4. The summed E-state index contributed by atoms with van der Waals surface area (Å²) >= 11 is 0. The summed E-state index contributed by atoms with van der Waals surface area (Å²) in [5.41, 5.74) is 0. The molecule has 0 aliphatic heterocycles. The van der Waals surface area contributed by atoms with Gasteiger partial charge in [-0.1, -0.05) is 0 Å². The molecule has 0 spiro atoms. The highest BCUT2D eigenvalue weighted by Gasteiger charge is 2.29. The van der Waals surface area contributed by atoms with E-state index in [-0.39, 0.29) is 13.1 Å². The molecule has 0 radical (unpaired) electrons. The van der Waals surface area contributed by atoms with Gasteiger partial charge in [-0.2, -0.15) is 0 Å². The van der Waals surface area contributed by atoms with Crippen molar-refractivity contribution in [2.45, 2.75) is 30.5 Å². The maximum atomic E-state index is 9.41. The Morgan fingerprint density at radius 1 is 0.706 bits per heavy atom. The zero-order valence-corrected chi connectivity index (χ0v) is 9.35. The molecule has 0 aromatic carbocycles. The van der Waals surface area contributed by atoms with Gasteiger partial charge in [0.15, 0.2) is 0 Å². The fraction of sp³-hybridized carbons (Fsp3) is 1.00. The minimum absolute atomic E-state index is 0.0128. The van der Waals surface area contributed by atoms with Crippen LogP contribution in [-0.4, -0.2) is 92.6 Å². The number of rotatable bonds is 9. The quantitative estimate of drug-likeness (QED) is 0.205. The van der Waals surface area contributed by atoms with Crippen LogP contribution in [0.5, 0.6) is 0 Å². The lowest BCUT2D eigenvalue weighted by Gasteiger charge is -2.26. The number of nitrogens with one attached hydrogen (secondary N) is 1. The van der Waals surface area contributed by atoms with E-state index in [1.54, 1.807) is 0 Å². The molecule has 0 aromatic heterocycles. The number of aliphatic hydroxyl groups excluding tert-OH is 7. The topological polar surface area (TPSA) is 154 Å². The Labute approximate surface area is 98.8 Å². The van der Waals surface area contributed by atoms with Crippen LogP contribution in [0.25, 0.3) is 0 Å². The van der Waals surface area contributed by atoms with Crippen LogP contribution >= 0.6 is 0 Å². The van der Waals surface area contributed by atoms with Gasteiger partial charge in [-0.05, 0) is 0 Å². The first-order valence-electron chi connectivity index (χ1n) is 5.26. The van der Waals surface area contributed by atoms with Crippen LogP contribution in [0.4, 0.5) is 0 Å². The number of hydrogen-bond acceptors (Lipinski definition) is 8. The van der Waals surface area contributed by atoms with Crippen LogP contribution in [0.2, 0.25) is 0 Å². The maximum Gasteiger partial charge on any atom is 0.111 e. The molecule has 17 heavy (non-hydrogen) atoms. The molecule has 5 atom stereocenters. The summed E-state index contributed by atoms with van der Waals surface area (Å²) < 4.78 is 0. The van der Waals surface area contributed by atoms with Gasteiger partial charge in [-0.15, -0.1) is 0 Å². The van der Waals surface area contributed by atoms with Gasteiger partial charge in [0.2, 0.25) is 0 Å². The third-order valence-electron chi connectivity index (χ3n) is 2.27. The molecule has 8 N–H and O–H groups in total. The van der Waals surface area contributed by atoms with E-state index in [1.165, 1.54) is 0 Å². The van der Waals surface area contributed by atoms with E-state index in [1.807, 2.05) is 0 Å². The standard InChI is InChI=1S/C9H21NO7/c11-3-5(13)1-10-2-6(14)8(16)9(17)7(15)4-12/h5-17H,1-4H2/t5?,6-,7+,8+,9+/m0/s1. The summed E-state index contributed by atoms with van der Waals surface area (Å²) in [6.45, 7) is -1.30. The van der Waals surface area contributed by atoms with Crippen molar-refractivity contribution in [2.75, 3.05) is 26.3 Å². The molecular weight excluding hydrogens is 234 g/mol. The second-order valence-electron chi connectivity index (χ2n) is 3.79. The summed E-state index contributed by atoms with van der Waals surface area (Å²) in [6, 6.07) is 0. The largest absolute Gasteiger partial charge is 0.394 e. The van der Waals surface area contributed by atoms with E-state index in [9.17, 15) is 15.3 Å². The van der Waals surface area contributed by atoms with Crippen LogP contribution in [0.3, 0.4) is 0 Å². The Morgan fingerprint density at radius 2 is 1.24 bits per heavy atom. The molecule has 8 heteroatoms. The zero-order valence-electron chi connectivity index (χ0n) is 9.35. The Bertz CT molecular complexity index is 194. The minimum atomic E-state index is -1.67. The molecule has 0 fully saturated rings.